The topological polar surface area (TPSA) is 114 Å². The van der Waals surface area contributed by atoms with E-state index in [2.05, 4.69) is 16.2 Å². The van der Waals surface area contributed by atoms with Crippen LogP contribution in [0.25, 0.3) is 0 Å². The molecule has 29 heavy (non-hydrogen) atoms. The summed E-state index contributed by atoms with van der Waals surface area (Å²) in [5, 5.41) is 2.10. The van der Waals surface area contributed by atoms with Crippen molar-refractivity contribution < 1.29 is 23.9 Å². The number of hydrogen-bond donors (Lipinski definition) is 3. The molecule has 0 unspecified atom stereocenters. The molecule has 2 atom stereocenters. The van der Waals surface area contributed by atoms with Crippen LogP contribution in [0.3, 0.4) is 0 Å². The van der Waals surface area contributed by atoms with Crippen molar-refractivity contribution in [2.24, 2.45) is 0 Å². The van der Waals surface area contributed by atoms with Crippen molar-refractivity contribution >= 4 is 41.1 Å². The largest absolute Gasteiger partial charge is 0.452 e. The molecule has 1 aliphatic rings. The van der Waals surface area contributed by atoms with Gasteiger partial charge in [0.15, 0.2) is 6.10 Å². The van der Waals surface area contributed by atoms with Gasteiger partial charge < -0.3 is 10.1 Å². The van der Waals surface area contributed by atoms with Crippen LogP contribution < -0.4 is 16.2 Å². The van der Waals surface area contributed by atoms with E-state index in [9.17, 15) is 19.2 Å². The van der Waals surface area contributed by atoms with Gasteiger partial charge in [-0.2, -0.15) is 0 Å². The number of amides is 3. The van der Waals surface area contributed by atoms with E-state index in [4.69, 9.17) is 4.74 Å². The lowest BCUT2D eigenvalue weighted by molar-refractivity contribution is -0.155. The molecule has 150 valence electrons. The van der Waals surface area contributed by atoms with Crippen molar-refractivity contribution in [3.63, 3.8) is 0 Å². The van der Waals surface area contributed by atoms with Crippen molar-refractivity contribution in [3.8, 4) is 0 Å². The summed E-state index contributed by atoms with van der Waals surface area (Å²) in [5.74, 6) is -2.16. The van der Waals surface area contributed by atoms with Crippen LogP contribution in [0.5, 0.6) is 0 Å². The summed E-state index contributed by atoms with van der Waals surface area (Å²) in [6.07, 6.45) is -1.32. The van der Waals surface area contributed by atoms with E-state index in [1.165, 1.54) is 18.7 Å². The second kappa shape index (κ2) is 9.24. The first kappa shape index (κ1) is 20.4. The average molecular weight is 413 g/mol. The Bertz CT molecular complexity index is 935. The molecule has 8 nitrogen and oxygen atoms in total. The minimum atomic E-state index is -1.14. The number of hydrazine groups is 1. The van der Waals surface area contributed by atoms with E-state index in [0.717, 1.165) is 4.90 Å². The zero-order chi connectivity index (χ0) is 20.8. The van der Waals surface area contributed by atoms with Gasteiger partial charge in [0.25, 0.3) is 11.8 Å². The van der Waals surface area contributed by atoms with Crippen molar-refractivity contribution in [2.75, 3.05) is 5.32 Å². The molecule has 0 fully saturated rings. The Hall–Kier alpha value is -3.33. The Morgan fingerprint density at radius 1 is 1.07 bits per heavy atom. The van der Waals surface area contributed by atoms with E-state index in [-0.39, 0.29) is 12.3 Å². The molecule has 3 N–H and O–H groups in total. The lowest BCUT2D eigenvalue weighted by Crippen LogP contribution is -2.47. The zero-order valence-electron chi connectivity index (χ0n) is 15.5. The molecule has 3 rings (SSSR count). The van der Waals surface area contributed by atoms with Crippen LogP contribution in [0.4, 0.5) is 5.69 Å². The van der Waals surface area contributed by atoms with E-state index in [1.807, 2.05) is 18.2 Å². The molecule has 9 heteroatoms. The quantitative estimate of drug-likeness (QED) is 0.510. The van der Waals surface area contributed by atoms with Crippen LogP contribution in [0.15, 0.2) is 59.5 Å². The number of para-hydroxylation sites is 1. The first-order valence-electron chi connectivity index (χ1n) is 8.85. The Kier molecular flexibility index (Phi) is 6.50. The summed E-state index contributed by atoms with van der Waals surface area (Å²) in [4.78, 5) is 49.1. The van der Waals surface area contributed by atoms with Gasteiger partial charge in [-0.3, -0.25) is 30.0 Å². The van der Waals surface area contributed by atoms with Crippen LogP contribution in [-0.4, -0.2) is 35.0 Å². The molecular formula is C20H19N3O5S. The number of nitrogens with one attached hydrogen (secondary N) is 3. The maximum atomic E-state index is 12.2. The van der Waals surface area contributed by atoms with Gasteiger partial charge in [0.1, 0.15) is 0 Å². The fourth-order valence-electron chi connectivity index (χ4n) is 2.56. The number of carbonyl (C=O) groups is 4. The maximum Gasteiger partial charge on any atom is 0.308 e. The third kappa shape index (κ3) is 5.35. The standard InChI is InChI=1S/C20H19N3O5S/c1-12(18(25)22-23-19(26)13-7-3-2-4-8-13)28-17(24)11-16-20(27)21-14-9-5-6-10-15(14)29-16/h2-10,12,16H,11H2,1H3,(H,21,27)(H,22,25)(H,23,26)/t12-,16-/m0/s1. The lowest BCUT2D eigenvalue weighted by Gasteiger charge is -2.23. The summed E-state index contributed by atoms with van der Waals surface area (Å²) in [6.45, 7) is 1.38. The molecular weight excluding hydrogens is 394 g/mol. The van der Waals surface area contributed by atoms with Crippen molar-refractivity contribution in [1.29, 1.82) is 0 Å². The first-order valence-corrected chi connectivity index (χ1v) is 9.73. The third-order valence-electron chi connectivity index (χ3n) is 4.07. The monoisotopic (exact) mass is 413 g/mol. The number of fused-ring (bicyclic) bond motifs is 1. The number of rotatable bonds is 5. The van der Waals surface area contributed by atoms with E-state index < -0.39 is 29.1 Å². The fourth-order valence-corrected chi connectivity index (χ4v) is 3.65. The smallest absolute Gasteiger partial charge is 0.308 e. The predicted octanol–water partition coefficient (Wildman–Crippen LogP) is 1.88. The van der Waals surface area contributed by atoms with Gasteiger partial charge in [0.05, 0.1) is 17.4 Å². The lowest BCUT2D eigenvalue weighted by atomic mass is 10.2. The number of thioether (sulfide) groups is 1. The summed E-state index contributed by atoms with van der Waals surface area (Å²) in [7, 11) is 0. The Morgan fingerprint density at radius 3 is 2.52 bits per heavy atom. The van der Waals surface area contributed by atoms with Crippen LogP contribution in [0.2, 0.25) is 0 Å². The van der Waals surface area contributed by atoms with Crippen LogP contribution in [0.1, 0.15) is 23.7 Å². The van der Waals surface area contributed by atoms with Gasteiger partial charge in [-0.1, -0.05) is 30.3 Å². The molecule has 1 heterocycles. The number of hydrogen-bond acceptors (Lipinski definition) is 6. The highest BCUT2D eigenvalue weighted by Gasteiger charge is 2.30. The van der Waals surface area contributed by atoms with E-state index in [1.54, 1.807) is 36.4 Å². The van der Waals surface area contributed by atoms with Gasteiger partial charge in [0.2, 0.25) is 5.91 Å². The minimum Gasteiger partial charge on any atom is -0.452 e. The number of anilines is 1. The molecule has 2 aromatic rings. The summed E-state index contributed by atoms with van der Waals surface area (Å²) < 4.78 is 5.09. The molecule has 0 saturated heterocycles. The van der Waals surface area contributed by atoms with Gasteiger partial charge in [-0.25, -0.2) is 0 Å². The molecule has 0 radical (unpaired) electrons. The summed E-state index contributed by atoms with van der Waals surface area (Å²) in [5.41, 5.74) is 5.54. The van der Waals surface area contributed by atoms with Crippen LogP contribution >= 0.6 is 11.8 Å². The predicted molar refractivity (Wildman–Crippen MR) is 107 cm³/mol. The molecule has 1 aliphatic heterocycles. The van der Waals surface area contributed by atoms with Crippen molar-refractivity contribution in [3.05, 3.63) is 60.2 Å². The molecule has 0 bridgehead atoms. The Balaban J connectivity index is 1.47. The van der Waals surface area contributed by atoms with Gasteiger partial charge in [0, 0.05) is 10.5 Å². The summed E-state index contributed by atoms with van der Waals surface area (Å²) >= 11 is 1.27. The van der Waals surface area contributed by atoms with Crippen LogP contribution in [-0.2, 0) is 19.1 Å². The van der Waals surface area contributed by atoms with E-state index >= 15 is 0 Å². The van der Waals surface area contributed by atoms with E-state index in [0.29, 0.717) is 11.3 Å². The highest BCUT2D eigenvalue weighted by atomic mass is 32.2. The first-order chi connectivity index (χ1) is 13.9. The number of esters is 1. The Morgan fingerprint density at radius 2 is 1.76 bits per heavy atom. The SMILES string of the molecule is C[C@H](OC(=O)C[C@@H]1Sc2ccccc2NC1=O)C(=O)NNC(=O)c1ccccc1. The molecule has 0 saturated carbocycles. The molecule has 2 aromatic carbocycles. The molecule has 0 aromatic heterocycles. The number of benzene rings is 2. The number of carbonyl (C=O) groups excluding carboxylic acids is 4. The average Bonchev–Trinajstić information content (AvgIpc) is 2.72. The zero-order valence-corrected chi connectivity index (χ0v) is 16.3. The van der Waals surface area contributed by atoms with Gasteiger partial charge in [-0.15, -0.1) is 11.8 Å². The van der Waals surface area contributed by atoms with Gasteiger partial charge in [-0.05, 0) is 31.2 Å². The maximum absolute atomic E-state index is 12.2. The highest BCUT2D eigenvalue weighted by molar-refractivity contribution is 8.01. The molecule has 3 amide bonds. The summed E-state index contributed by atoms with van der Waals surface area (Å²) in [6, 6.07) is 15.6. The number of ether oxygens (including phenoxy) is 1. The highest BCUT2D eigenvalue weighted by Crippen LogP contribution is 2.36. The minimum absolute atomic E-state index is 0.182. The second-order valence-electron chi connectivity index (χ2n) is 6.24. The second-order valence-corrected chi connectivity index (χ2v) is 7.48. The molecule has 0 aliphatic carbocycles. The Labute approximate surface area is 171 Å². The van der Waals surface area contributed by atoms with Gasteiger partial charge >= 0.3 is 5.97 Å². The van der Waals surface area contributed by atoms with Crippen molar-refractivity contribution in [2.45, 2.75) is 29.6 Å². The third-order valence-corrected chi connectivity index (χ3v) is 5.35. The van der Waals surface area contributed by atoms with Crippen LogP contribution in [0, 0.1) is 0 Å². The fraction of sp³-hybridized carbons (Fsp3) is 0.200. The normalized spacial score (nSPS) is 16.0. The molecule has 0 spiro atoms. The van der Waals surface area contributed by atoms with Crippen molar-refractivity contribution in [1.82, 2.24) is 10.9 Å².